The van der Waals surface area contributed by atoms with Crippen LogP contribution >= 0.6 is 11.6 Å². The molecule has 0 aliphatic heterocycles. The average Bonchev–Trinajstić information content (AvgIpc) is 2.38. The number of hydrogen-bond donors (Lipinski definition) is 2. The van der Waals surface area contributed by atoms with Gasteiger partial charge in [0, 0.05) is 23.6 Å². The summed E-state index contributed by atoms with van der Waals surface area (Å²) in [5.74, 6) is 0.108. The van der Waals surface area contributed by atoms with Crippen molar-refractivity contribution in [1.29, 1.82) is 0 Å². The molecule has 2 rings (SSSR count). The highest BCUT2D eigenvalue weighted by molar-refractivity contribution is 6.29. The van der Waals surface area contributed by atoms with Gasteiger partial charge >= 0.3 is 0 Å². The Labute approximate surface area is 115 Å². The molecular weight excluding hydrogens is 266 g/mol. The molecule has 0 unspecified atom stereocenters. The Kier molecular flexibility index (Phi) is 3.87. The number of hydrogen-bond acceptors (Lipinski definition) is 4. The van der Waals surface area contributed by atoms with Gasteiger partial charge < -0.3 is 15.8 Å². The molecule has 0 saturated heterocycles. The molecule has 0 bridgehead atoms. The summed E-state index contributed by atoms with van der Waals surface area (Å²) in [6.07, 6.45) is 1.51. The summed E-state index contributed by atoms with van der Waals surface area (Å²) in [6, 6.07) is 8.04. The number of nitrogens with two attached hydrogens (primary N) is 1. The van der Waals surface area contributed by atoms with Crippen molar-refractivity contribution >= 4 is 28.9 Å². The lowest BCUT2D eigenvalue weighted by Crippen LogP contribution is -2.13. The third-order valence-electron chi connectivity index (χ3n) is 2.45. The Morgan fingerprint density at radius 2 is 2.16 bits per heavy atom. The molecule has 2 aromatic rings. The number of nitrogens with one attached hydrogen (secondary N) is 1. The van der Waals surface area contributed by atoms with Crippen LogP contribution in [0.5, 0.6) is 5.75 Å². The van der Waals surface area contributed by atoms with E-state index in [-0.39, 0.29) is 5.91 Å². The predicted octanol–water partition coefficient (Wildman–Crippen LogP) is 2.58. The molecule has 19 heavy (non-hydrogen) atoms. The fourth-order valence-corrected chi connectivity index (χ4v) is 1.75. The van der Waals surface area contributed by atoms with Crippen LogP contribution in [-0.4, -0.2) is 18.0 Å². The molecule has 1 heterocycles. The smallest absolute Gasteiger partial charge is 0.259 e. The van der Waals surface area contributed by atoms with E-state index >= 15 is 0 Å². The summed E-state index contributed by atoms with van der Waals surface area (Å²) in [5.41, 5.74) is 7.12. The van der Waals surface area contributed by atoms with E-state index in [1.54, 1.807) is 30.3 Å². The van der Waals surface area contributed by atoms with Crippen LogP contribution in [-0.2, 0) is 0 Å². The van der Waals surface area contributed by atoms with Gasteiger partial charge in [-0.1, -0.05) is 11.6 Å². The molecule has 6 heteroatoms. The quantitative estimate of drug-likeness (QED) is 0.668. The molecule has 1 aromatic heterocycles. The Bertz CT molecular complexity index is 617. The van der Waals surface area contributed by atoms with Crippen molar-refractivity contribution in [3.8, 4) is 5.75 Å². The molecule has 0 saturated carbocycles. The molecule has 98 valence electrons. The van der Waals surface area contributed by atoms with E-state index in [0.717, 1.165) is 0 Å². The van der Waals surface area contributed by atoms with Crippen molar-refractivity contribution in [2.45, 2.75) is 0 Å². The van der Waals surface area contributed by atoms with Gasteiger partial charge in [0.15, 0.2) is 0 Å². The lowest BCUT2D eigenvalue weighted by atomic mass is 10.1. The standard InChI is InChI=1S/C13H12ClN3O2/c1-19-11-6-8(15)2-3-10(11)13(18)17-9-4-5-16-12(14)7-9/h2-7H,15H2,1H3,(H,16,17,18). The van der Waals surface area contributed by atoms with Crippen molar-refractivity contribution in [2.24, 2.45) is 0 Å². The second-order valence-corrected chi connectivity index (χ2v) is 4.17. The Balaban J connectivity index is 2.25. The first-order valence-corrected chi connectivity index (χ1v) is 5.84. The van der Waals surface area contributed by atoms with Crippen LogP contribution in [0.4, 0.5) is 11.4 Å². The number of nitrogen functional groups attached to an aromatic ring is 1. The summed E-state index contributed by atoms with van der Waals surface area (Å²) < 4.78 is 5.13. The minimum Gasteiger partial charge on any atom is -0.496 e. The molecule has 0 atom stereocenters. The SMILES string of the molecule is COc1cc(N)ccc1C(=O)Nc1ccnc(Cl)c1. The van der Waals surface area contributed by atoms with Crippen LogP contribution in [0.15, 0.2) is 36.5 Å². The molecule has 0 aliphatic rings. The van der Waals surface area contributed by atoms with Crippen LogP contribution in [0.2, 0.25) is 5.15 Å². The third kappa shape index (κ3) is 3.14. The number of carbonyl (C=O) groups is 1. The second-order valence-electron chi connectivity index (χ2n) is 3.78. The van der Waals surface area contributed by atoms with E-state index in [2.05, 4.69) is 10.3 Å². The number of aromatic nitrogens is 1. The fourth-order valence-electron chi connectivity index (χ4n) is 1.57. The van der Waals surface area contributed by atoms with Crippen molar-refractivity contribution in [2.75, 3.05) is 18.2 Å². The van der Waals surface area contributed by atoms with Gasteiger partial charge in [0.1, 0.15) is 10.9 Å². The predicted molar refractivity (Wildman–Crippen MR) is 74.6 cm³/mol. The first-order valence-electron chi connectivity index (χ1n) is 5.46. The first-order chi connectivity index (χ1) is 9.10. The van der Waals surface area contributed by atoms with Gasteiger partial charge in [0.2, 0.25) is 0 Å². The van der Waals surface area contributed by atoms with Crippen LogP contribution in [0.1, 0.15) is 10.4 Å². The first kappa shape index (κ1) is 13.2. The van der Waals surface area contributed by atoms with Crippen LogP contribution < -0.4 is 15.8 Å². The molecule has 1 aromatic carbocycles. The van der Waals surface area contributed by atoms with Gasteiger partial charge in [-0.25, -0.2) is 4.98 Å². The number of methoxy groups -OCH3 is 1. The number of pyridine rings is 1. The van der Waals surface area contributed by atoms with Crippen molar-refractivity contribution in [3.63, 3.8) is 0 Å². The fraction of sp³-hybridized carbons (Fsp3) is 0.0769. The minimum absolute atomic E-state index is 0.306. The van der Waals surface area contributed by atoms with Gasteiger partial charge in [-0.2, -0.15) is 0 Å². The maximum Gasteiger partial charge on any atom is 0.259 e. The molecule has 5 nitrogen and oxygen atoms in total. The number of halogens is 1. The third-order valence-corrected chi connectivity index (χ3v) is 2.66. The molecule has 3 N–H and O–H groups in total. The molecule has 0 fully saturated rings. The Hall–Kier alpha value is -2.27. The molecule has 0 spiro atoms. The summed E-state index contributed by atoms with van der Waals surface area (Å²) in [7, 11) is 1.48. The Morgan fingerprint density at radius 3 is 2.84 bits per heavy atom. The van der Waals surface area contributed by atoms with Gasteiger partial charge in [-0.15, -0.1) is 0 Å². The van der Waals surface area contributed by atoms with Crippen molar-refractivity contribution in [3.05, 3.63) is 47.2 Å². The number of ether oxygens (including phenoxy) is 1. The van der Waals surface area contributed by atoms with E-state index in [1.165, 1.54) is 13.3 Å². The van der Waals surface area contributed by atoms with Crippen LogP contribution in [0, 0.1) is 0 Å². The summed E-state index contributed by atoms with van der Waals surface area (Å²) in [5, 5.41) is 3.02. The number of nitrogens with zero attached hydrogens (tertiary/aromatic N) is 1. The van der Waals surface area contributed by atoms with Gasteiger partial charge in [0.25, 0.3) is 5.91 Å². The van der Waals surface area contributed by atoms with Crippen LogP contribution in [0.25, 0.3) is 0 Å². The lowest BCUT2D eigenvalue weighted by Gasteiger charge is -2.10. The topological polar surface area (TPSA) is 77.2 Å². The zero-order chi connectivity index (χ0) is 13.8. The van der Waals surface area contributed by atoms with E-state index in [0.29, 0.717) is 27.8 Å². The number of rotatable bonds is 3. The normalized spacial score (nSPS) is 10.0. The summed E-state index contributed by atoms with van der Waals surface area (Å²) in [4.78, 5) is 16.0. The van der Waals surface area contributed by atoms with Gasteiger partial charge in [-0.3, -0.25) is 4.79 Å². The highest BCUT2D eigenvalue weighted by atomic mass is 35.5. The maximum atomic E-state index is 12.1. The average molecular weight is 278 g/mol. The number of carbonyl (C=O) groups excluding carboxylic acids is 1. The zero-order valence-corrected chi connectivity index (χ0v) is 10.9. The molecule has 1 amide bonds. The molecule has 0 aliphatic carbocycles. The monoisotopic (exact) mass is 277 g/mol. The largest absolute Gasteiger partial charge is 0.496 e. The van der Waals surface area contributed by atoms with Gasteiger partial charge in [-0.05, 0) is 24.3 Å². The van der Waals surface area contributed by atoms with Gasteiger partial charge in [0.05, 0.1) is 12.7 Å². The molecular formula is C13H12ClN3O2. The number of amides is 1. The van der Waals surface area contributed by atoms with E-state index in [9.17, 15) is 4.79 Å². The van der Waals surface area contributed by atoms with Crippen molar-refractivity contribution in [1.82, 2.24) is 4.98 Å². The van der Waals surface area contributed by atoms with Crippen LogP contribution in [0.3, 0.4) is 0 Å². The second kappa shape index (κ2) is 5.58. The number of anilines is 2. The highest BCUT2D eigenvalue weighted by Crippen LogP contribution is 2.23. The summed E-state index contributed by atoms with van der Waals surface area (Å²) in [6.45, 7) is 0. The number of benzene rings is 1. The lowest BCUT2D eigenvalue weighted by molar-refractivity contribution is 0.102. The zero-order valence-electron chi connectivity index (χ0n) is 10.2. The highest BCUT2D eigenvalue weighted by Gasteiger charge is 2.12. The van der Waals surface area contributed by atoms with E-state index in [1.807, 2.05) is 0 Å². The van der Waals surface area contributed by atoms with Crippen molar-refractivity contribution < 1.29 is 9.53 Å². The van der Waals surface area contributed by atoms with E-state index in [4.69, 9.17) is 22.1 Å². The minimum atomic E-state index is -0.306. The summed E-state index contributed by atoms with van der Waals surface area (Å²) >= 11 is 5.75. The molecule has 0 radical (unpaired) electrons. The van der Waals surface area contributed by atoms with E-state index < -0.39 is 0 Å². The Morgan fingerprint density at radius 1 is 1.37 bits per heavy atom. The maximum absolute atomic E-state index is 12.1.